The van der Waals surface area contributed by atoms with Crippen LogP contribution in [-0.4, -0.2) is 42.1 Å². The Balaban J connectivity index is 1.85. The number of aromatic nitrogens is 2. The molecule has 2 rings (SSSR count). The van der Waals surface area contributed by atoms with Gasteiger partial charge in [0, 0.05) is 12.4 Å². The van der Waals surface area contributed by atoms with E-state index in [-0.39, 0.29) is 11.7 Å². The lowest BCUT2D eigenvalue weighted by atomic mass is 10.2. The summed E-state index contributed by atoms with van der Waals surface area (Å²) in [6.45, 7) is 0. The van der Waals surface area contributed by atoms with E-state index < -0.39 is 0 Å². The van der Waals surface area contributed by atoms with Crippen molar-refractivity contribution in [2.75, 3.05) is 20.0 Å². The number of carbonyl (C=O) groups is 1. The molecule has 0 saturated heterocycles. The van der Waals surface area contributed by atoms with Gasteiger partial charge in [-0.15, -0.1) is 0 Å². The Bertz CT molecular complexity index is 680. The lowest BCUT2D eigenvalue weighted by Crippen LogP contribution is -2.19. The molecule has 1 amide bonds. The number of amides is 1. The zero-order valence-corrected chi connectivity index (χ0v) is 13.5. The number of hydrazone groups is 1. The predicted octanol–water partition coefficient (Wildman–Crippen LogP) is 1.74. The van der Waals surface area contributed by atoms with Gasteiger partial charge in [0.1, 0.15) is 0 Å². The molecular formula is C15H16N4O3S. The van der Waals surface area contributed by atoms with Crippen LogP contribution in [0.25, 0.3) is 0 Å². The minimum Gasteiger partial charge on any atom is -0.493 e. The van der Waals surface area contributed by atoms with Crippen LogP contribution in [0.5, 0.6) is 11.5 Å². The van der Waals surface area contributed by atoms with Crippen LogP contribution in [-0.2, 0) is 4.79 Å². The highest BCUT2D eigenvalue weighted by Crippen LogP contribution is 2.26. The van der Waals surface area contributed by atoms with Gasteiger partial charge in [-0.1, -0.05) is 11.8 Å². The summed E-state index contributed by atoms with van der Waals surface area (Å²) in [5.74, 6) is 1.18. The molecule has 1 N–H and O–H groups in total. The molecule has 7 nitrogen and oxygen atoms in total. The first-order chi connectivity index (χ1) is 11.2. The fraction of sp³-hybridized carbons (Fsp3) is 0.200. The molecule has 0 unspecified atom stereocenters. The molecule has 0 radical (unpaired) electrons. The first-order valence-corrected chi connectivity index (χ1v) is 7.65. The van der Waals surface area contributed by atoms with Crippen LogP contribution in [0.1, 0.15) is 5.56 Å². The largest absolute Gasteiger partial charge is 0.493 e. The first-order valence-electron chi connectivity index (χ1n) is 6.66. The second-order valence-electron chi connectivity index (χ2n) is 4.23. The molecule has 0 aliphatic heterocycles. The van der Waals surface area contributed by atoms with Crippen LogP contribution in [0.2, 0.25) is 0 Å². The minimum atomic E-state index is -0.237. The molecule has 120 valence electrons. The number of hydrogen-bond donors (Lipinski definition) is 1. The zero-order chi connectivity index (χ0) is 16.5. The van der Waals surface area contributed by atoms with Gasteiger partial charge in [-0.3, -0.25) is 4.79 Å². The standard InChI is InChI=1S/C15H16N4O3S/c1-21-12-5-4-11(8-13(12)22-2)9-18-19-14(20)10-23-15-16-6-3-7-17-15/h3-9H,10H2,1-2H3,(H,19,20)/b18-9-. The monoisotopic (exact) mass is 332 g/mol. The Morgan fingerprint density at radius 2 is 2.00 bits per heavy atom. The second-order valence-corrected chi connectivity index (χ2v) is 5.17. The highest BCUT2D eigenvalue weighted by atomic mass is 32.2. The number of nitrogens with one attached hydrogen (secondary N) is 1. The average molecular weight is 332 g/mol. The molecule has 1 aromatic heterocycles. The number of thioether (sulfide) groups is 1. The van der Waals surface area contributed by atoms with E-state index in [4.69, 9.17) is 9.47 Å². The van der Waals surface area contributed by atoms with Crippen molar-refractivity contribution in [3.8, 4) is 11.5 Å². The Morgan fingerprint density at radius 3 is 2.70 bits per heavy atom. The van der Waals surface area contributed by atoms with Crippen LogP contribution >= 0.6 is 11.8 Å². The van der Waals surface area contributed by atoms with Gasteiger partial charge in [0.05, 0.1) is 26.2 Å². The van der Waals surface area contributed by atoms with Gasteiger partial charge in [-0.05, 0) is 29.8 Å². The summed E-state index contributed by atoms with van der Waals surface area (Å²) in [5.41, 5.74) is 3.23. The summed E-state index contributed by atoms with van der Waals surface area (Å²) in [6, 6.07) is 7.06. The quantitative estimate of drug-likeness (QED) is 0.360. The fourth-order valence-corrected chi connectivity index (χ4v) is 2.23. The number of ether oxygens (including phenoxy) is 2. The van der Waals surface area contributed by atoms with E-state index in [1.54, 1.807) is 44.8 Å². The van der Waals surface area contributed by atoms with Crippen LogP contribution in [0.15, 0.2) is 46.9 Å². The summed E-state index contributed by atoms with van der Waals surface area (Å²) in [4.78, 5) is 19.7. The summed E-state index contributed by atoms with van der Waals surface area (Å²) >= 11 is 1.24. The first kappa shape index (κ1) is 16.8. The van der Waals surface area contributed by atoms with E-state index in [2.05, 4.69) is 20.5 Å². The van der Waals surface area contributed by atoms with Gasteiger partial charge >= 0.3 is 0 Å². The van der Waals surface area contributed by atoms with Crippen molar-refractivity contribution < 1.29 is 14.3 Å². The lowest BCUT2D eigenvalue weighted by molar-refractivity contribution is -0.118. The molecule has 0 bridgehead atoms. The van der Waals surface area contributed by atoms with Gasteiger partial charge in [-0.2, -0.15) is 5.10 Å². The number of carbonyl (C=O) groups excluding carboxylic acids is 1. The highest BCUT2D eigenvalue weighted by molar-refractivity contribution is 7.99. The third-order valence-electron chi connectivity index (χ3n) is 2.68. The van der Waals surface area contributed by atoms with Gasteiger partial charge < -0.3 is 9.47 Å². The van der Waals surface area contributed by atoms with Gasteiger partial charge in [0.15, 0.2) is 16.7 Å². The molecule has 8 heteroatoms. The smallest absolute Gasteiger partial charge is 0.250 e. The number of rotatable bonds is 7. The van der Waals surface area contributed by atoms with Crippen molar-refractivity contribution >= 4 is 23.9 Å². The van der Waals surface area contributed by atoms with Crippen molar-refractivity contribution in [3.63, 3.8) is 0 Å². The molecule has 2 aromatic rings. The Morgan fingerprint density at radius 1 is 1.26 bits per heavy atom. The summed E-state index contributed by atoms with van der Waals surface area (Å²) in [5, 5.41) is 4.46. The number of methoxy groups -OCH3 is 2. The molecular weight excluding hydrogens is 316 g/mol. The van der Waals surface area contributed by atoms with E-state index in [0.29, 0.717) is 16.7 Å². The molecule has 0 saturated carbocycles. The van der Waals surface area contributed by atoms with Crippen LogP contribution in [0, 0.1) is 0 Å². The highest BCUT2D eigenvalue weighted by Gasteiger charge is 2.04. The van der Waals surface area contributed by atoms with E-state index in [0.717, 1.165) is 5.56 Å². The zero-order valence-electron chi connectivity index (χ0n) is 12.7. The van der Waals surface area contributed by atoms with Crippen molar-refractivity contribution in [1.82, 2.24) is 15.4 Å². The maximum Gasteiger partial charge on any atom is 0.250 e. The summed E-state index contributed by atoms with van der Waals surface area (Å²) < 4.78 is 10.4. The molecule has 1 aromatic carbocycles. The Hall–Kier alpha value is -2.61. The predicted molar refractivity (Wildman–Crippen MR) is 88.0 cm³/mol. The number of hydrogen-bond acceptors (Lipinski definition) is 7. The Kier molecular flexibility index (Phi) is 6.37. The topological polar surface area (TPSA) is 85.7 Å². The van der Waals surface area contributed by atoms with Crippen LogP contribution < -0.4 is 14.9 Å². The van der Waals surface area contributed by atoms with Crippen molar-refractivity contribution in [2.24, 2.45) is 5.10 Å². The van der Waals surface area contributed by atoms with E-state index >= 15 is 0 Å². The second kappa shape index (κ2) is 8.74. The maximum atomic E-state index is 11.7. The fourth-order valence-electron chi connectivity index (χ4n) is 1.63. The number of nitrogens with zero attached hydrogens (tertiary/aromatic N) is 3. The van der Waals surface area contributed by atoms with Crippen molar-refractivity contribution in [3.05, 3.63) is 42.2 Å². The third kappa shape index (κ3) is 5.26. The third-order valence-corrected chi connectivity index (χ3v) is 3.56. The SMILES string of the molecule is COc1ccc(/C=N\NC(=O)CSc2ncccn2)cc1OC. The Labute approximate surface area is 138 Å². The van der Waals surface area contributed by atoms with Gasteiger partial charge in [0.25, 0.3) is 5.91 Å². The minimum absolute atomic E-state index is 0.188. The van der Waals surface area contributed by atoms with E-state index in [1.165, 1.54) is 18.0 Å². The molecule has 0 atom stereocenters. The number of benzene rings is 1. The van der Waals surface area contributed by atoms with Gasteiger partial charge in [0.2, 0.25) is 0 Å². The molecule has 23 heavy (non-hydrogen) atoms. The molecule has 0 aliphatic carbocycles. The molecule has 0 spiro atoms. The summed E-state index contributed by atoms with van der Waals surface area (Å²) in [7, 11) is 3.13. The van der Waals surface area contributed by atoms with Gasteiger partial charge in [-0.25, -0.2) is 15.4 Å². The van der Waals surface area contributed by atoms with Crippen molar-refractivity contribution in [2.45, 2.75) is 5.16 Å². The maximum absolute atomic E-state index is 11.7. The lowest BCUT2D eigenvalue weighted by Gasteiger charge is -2.07. The van der Waals surface area contributed by atoms with Crippen LogP contribution in [0.3, 0.4) is 0 Å². The molecule has 0 fully saturated rings. The molecule has 0 aliphatic rings. The normalized spacial score (nSPS) is 10.5. The average Bonchev–Trinajstić information content (AvgIpc) is 2.60. The van der Waals surface area contributed by atoms with Crippen molar-refractivity contribution in [1.29, 1.82) is 0 Å². The van der Waals surface area contributed by atoms with Crippen LogP contribution in [0.4, 0.5) is 0 Å². The van der Waals surface area contributed by atoms with E-state index in [9.17, 15) is 4.79 Å². The molecule has 1 heterocycles. The van der Waals surface area contributed by atoms with E-state index in [1.807, 2.05) is 6.07 Å². The summed E-state index contributed by atoms with van der Waals surface area (Å²) in [6.07, 6.45) is 4.79.